The highest BCUT2D eigenvalue weighted by Gasteiger charge is 2.25. The minimum Gasteiger partial charge on any atom is -0.300 e. The largest absolute Gasteiger partial charge is 0.300 e. The van der Waals surface area contributed by atoms with Crippen molar-refractivity contribution in [3.05, 3.63) is 106 Å². The molecular formula is C34H49N3. The Kier molecular flexibility index (Phi) is 11.9. The van der Waals surface area contributed by atoms with Crippen LogP contribution in [0.15, 0.2) is 72.8 Å². The van der Waals surface area contributed by atoms with Crippen molar-refractivity contribution in [1.82, 2.24) is 14.7 Å². The van der Waals surface area contributed by atoms with Gasteiger partial charge in [0.05, 0.1) is 0 Å². The van der Waals surface area contributed by atoms with Crippen LogP contribution in [-0.4, -0.2) is 54.0 Å². The zero-order chi connectivity index (χ0) is 26.6. The van der Waals surface area contributed by atoms with Gasteiger partial charge in [-0.25, -0.2) is 0 Å². The SMILES string of the molecule is CCN(CC)Cc1ccccc1C(c1ccccc1CN(CC)CC)c1ccccc1CN(CC)CC. The van der Waals surface area contributed by atoms with Crippen molar-refractivity contribution in [2.24, 2.45) is 0 Å². The molecule has 0 aliphatic rings. The number of hydrogen-bond donors (Lipinski definition) is 0. The van der Waals surface area contributed by atoms with Gasteiger partial charge in [0, 0.05) is 25.6 Å². The van der Waals surface area contributed by atoms with Crippen molar-refractivity contribution in [3.63, 3.8) is 0 Å². The summed E-state index contributed by atoms with van der Waals surface area (Å²) < 4.78 is 0. The zero-order valence-corrected chi connectivity index (χ0v) is 24.2. The van der Waals surface area contributed by atoms with Gasteiger partial charge in [-0.2, -0.15) is 0 Å². The van der Waals surface area contributed by atoms with Crippen LogP contribution < -0.4 is 0 Å². The van der Waals surface area contributed by atoms with E-state index in [0.717, 1.165) is 58.9 Å². The fraction of sp³-hybridized carbons (Fsp3) is 0.471. The Hall–Kier alpha value is -2.46. The topological polar surface area (TPSA) is 9.72 Å². The van der Waals surface area contributed by atoms with E-state index in [1.165, 1.54) is 33.4 Å². The lowest BCUT2D eigenvalue weighted by Crippen LogP contribution is -2.26. The molecule has 0 fully saturated rings. The number of nitrogens with zero attached hydrogens (tertiary/aromatic N) is 3. The molecule has 0 amide bonds. The molecule has 0 unspecified atom stereocenters. The maximum atomic E-state index is 2.53. The Balaban J connectivity index is 2.24. The molecule has 37 heavy (non-hydrogen) atoms. The first kappa shape index (κ1) is 29.1. The van der Waals surface area contributed by atoms with Gasteiger partial charge in [-0.3, -0.25) is 14.7 Å². The molecule has 3 heteroatoms. The third kappa shape index (κ3) is 7.54. The van der Waals surface area contributed by atoms with Crippen LogP contribution in [-0.2, 0) is 19.6 Å². The number of benzene rings is 3. The Labute approximate surface area is 227 Å². The predicted octanol–water partition coefficient (Wildman–Crippen LogP) is 7.39. The summed E-state index contributed by atoms with van der Waals surface area (Å²) in [6, 6.07) is 27.5. The van der Waals surface area contributed by atoms with E-state index in [4.69, 9.17) is 0 Å². The highest BCUT2D eigenvalue weighted by Crippen LogP contribution is 2.38. The van der Waals surface area contributed by atoms with Gasteiger partial charge in [0.25, 0.3) is 0 Å². The van der Waals surface area contributed by atoms with Crippen molar-refractivity contribution in [2.75, 3.05) is 39.3 Å². The summed E-state index contributed by atoms with van der Waals surface area (Å²) in [5.41, 5.74) is 8.62. The molecule has 3 nitrogen and oxygen atoms in total. The summed E-state index contributed by atoms with van der Waals surface area (Å²) in [7, 11) is 0. The molecule has 200 valence electrons. The summed E-state index contributed by atoms with van der Waals surface area (Å²) >= 11 is 0. The molecule has 0 radical (unpaired) electrons. The Bertz CT molecular complexity index is 927. The lowest BCUT2D eigenvalue weighted by molar-refractivity contribution is 0.292. The maximum Gasteiger partial charge on any atom is 0.0349 e. The average molecular weight is 500 g/mol. The standard InChI is InChI=1S/C34H49N3/c1-7-35(8-2)25-28-19-13-16-22-31(28)34(32-23-17-14-20-29(32)26-36(9-3)10-4)33-24-18-15-21-30(33)27-37(11-5)12-6/h13-24,34H,7-12,25-27H2,1-6H3. The van der Waals surface area contributed by atoms with Crippen LogP contribution in [0.1, 0.15) is 80.8 Å². The van der Waals surface area contributed by atoms with E-state index in [9.17, 15) is 0 Å². The lowest BCUT2D eigenvalue weighted by atomic mass is 9.79. The number of rotatable bonds is 15. The van der Waals surface area contributed by atoms with Gasteiger partial charge in [-0.1, -0.05) is 114 Å². The molecule has 0 spiro atoms. The van der Waals surface area contributed by atoms with E-state index in [0.29, 0.717) is 0 Å². The van der Waals surface area contributed by atoms with Crippen LogP contribution in [0, 0.1) is 0 Å². The fourth-order valence-corrected chi connectivity index (χ4v) is 5.45. The van der Waals surface area contributed by atoms with Crippen molar-refractivity contribution in [3.8, 4) is 0 Å². The Morgan fingerprint density at radius 3 is 0.892 bits per heavy atom. The summed E-state index contributed by atoms with van der Waals surface area (Å²) in [4.78, 5) is 7.58. The van der Waals surface area contributed by atoms with Crippen LogP contribution >= 0.6 is 0 Å². The van der Waals surface area contributed by atoms with Gasteiger partial charge in [-0.05, 0) is 72.6 Å². The quantitative estimate of drug-likeness (QED) is 0.202. The fourth-order valence-electron chi connectivity index (χ4n) is 5.45. The highest BCUT2D eigenvalue weighted by molar-refractivity contribution is 5.51. The molecule has 0 saturated heterocycles. The van der Waals surface area contributed by atoms with Crippen LogP contribution in [0.4, 0.5) is 0 Å². The van der Waals surface area contributed by atoms with E-state index in [2.05, 4.69) is 129 Å². The molecular weight excluding hydrogens is 450 g/mol. The second kappa shape index (κ2) is 15.1. The molecule has 0 aliphatic carbocycles. The minimum atomic E-state index is 0.199. The second-order valence-electron chi connectivity index (χ2n) is 9.91. The van der Waals surface area contributed by atoms with Crippen LogP contribution in [0.3, 0.4) is 0 Å². The van der Waals surface area contributed by atoms with Gasteiger partial charge in [0.2, 0.25) is 0 Å². The average Bonchev–Trinajstić information content (AvgIpc) is 2.95. The summed E-state index contributed by atoms with van der Waals surface area (Å²) in [6.07, 6.45) is 0. The second-order valence-corrected chi connectivity index (χ2v) is 9.91. The summed E-state index contributed by atoms with van der Waals surface area (Å²) in [5.74, 6) is 0.199. The third-order valence-corrected chi connectivity index (χ3v) is 7.96. The molecule has 0 heterocycles. The first-order valence-corrected chi connectivity index (χ1v) is 14.5. The molecule has 0 aromatic heterocycles. The Morgan fingerprint density at radius 1 is 0.405 bits per heavy atom. The molecule has 0 saturated carbocycles. The first-order valence-electron chi connectivity index (χ1n) is 14.5. The van der Waals surface area contributed by atoms with Gasteiger partial charge >= 0.3 is 0 Å². The predicted molar refractivity (Wildman–Crippen MR) is 160 cm³/mol. The van der Waals surface area contributed by atoms with E-state index in [-0.39, 0.29) is 5.92 Å². The molecule has 3 rings (SSSR count). The summed E-state index contributed by atoms with van der Waals surface area (Å²) in [5, 5.41) is 0. The van der Waals surface area contributed by atoms with Crippen molar-refractivity contribution in [2.45, 2.75) is 67.1 Å². The van der Waals surface area contributed by atoms with E-state index < -0.39 is 0 Å². The molecule has 0 bridgehead atoms. The molecule has 0 aliphatic heterocycles. The molecule has 0 atom stereocenters. The Morgan fingerprint density at radius 2 is 0.649 bits per heavy atom. The van der Waals surface area contributed by atoms with Crippen molar-refractivity contribution < 1.29 is 0 Å². The number of hydrogen-bond acceptors (Lipinski definition) is 3. The highest BCUT2D eigenvalue weighted by atomic mass is 15.1. The van der Waals surface area contributed by atoms with Crippen LogP contribution in [0.5, 0.6) is 0 Å². The monoisotopic (exact) mass is 499 g/mol. The minimum absolute atomic E-state index is 0.199. The normalized spacial score (nSPS) is 11.8. The van der Waals surface area contributed by atoms with Gasteiger partial charge in [-0.15, -0.1) is 0 Å². The van der Waals surface area contributed by atoms with Crippen molar-refractivity contribution in [1.29, 1.82) is 0 Å². The van der Waals surface area contributed by atoms with E-state index >= 15 is 0 Å². The van der Waals surface area contributed by atoms with Gasteiger partial charge < -0.3 is 0 Å². The zero-order valence-electron chi connectivity index (χ0n) is 24.2. The van der Waals surface area contributed by atoms with Gasteiger partial charge in [0.1, 0.15) is 0 Å². The van der Waals surface area contributed by atoms with E-state index in [1.807, 2.05) is 0 Å². The third-order valence-electron chi connectivity index (χ3n) is 7.96. The van der Waals surface area contributed by atoms with Crippen LogP contribution in [0.25, 0.3) is 0 Å². The van der Waals surface area contributed by atoms with Crippen LogP contribution in [0.2, 0.25) is 0 Å². The molecule has 0 N–H and O–H groups in total. The van der Waals surface area contributed by atoms with Gasteiger partial charge in [0.15, 0.2) is 0 Å². The lowest BCUT2D eigenvalue weighted by Gasteiger charge is -2.30. The van der Waals surface area contributed by atoms with Crippen molar-refractivity contribution >= 4 is 0 Å². The summed E-state index contributed by atoms with van der Waals surface area (Å²) in [6.45, 7) is 22.9. The molecule has 3 aromatic rings. The molecule has 3 aromatic carbocycles. The first-order chi connectivity index (χ1) is 18.1. The maximum absolute atomic E-state index is 2.53. The smallest absolute Gasteiger partial charge is 0.0349 e. The van der Waals surface area contributed by atoms with E-state index in [1.54, 1.807) is 0 Å².